The fourth-order valence-electron chi connectivity index (χ4n) is 4.06. The zero-order valence-corrected chi connectivity index (χ0v) is 15.3. The number of benzene rings is 1. The number of likely N-dealkylation sites (tertiary alicyclic amines) is 1. The summed E-state index contributed by atoms with van der Waals surface area (Å²) in [6.45, 7) is 6.86. The molecule has 6 nitrogen and oxygen atoms in total. The molecule has 0 saturated carbocycles. The number of H-pyrrole nitrogens is 1. The van der Waals surface area contributed by atoms with Gasteiger partial charge in [0.05, 0.1) is 0 Å². The zero-order chi connectivity index (χ0) is 17.9. The highest BCUT2D eigenvalue weighted by molar-refractivity contribution is 5.94. The van der Waals surface area contributed by atoms with E-state index in [1.807, 2.05) is 0 Å². The SMILES string of the molecule is CC(NC(=O)c1n[nH]c2c1CNCC2)C1CCN(Cc2ccccc2)C1. The zero-order valence-electron chi connectivity index (χ0n) is 15.3. The van der Waals surface area contributed by atoms with Gasteiger partial charge in [-0.15, -0.1) is 0 Å². The van der Waals surface area contributed by atoms with Crippen molar-refractivity contribution in [2.75, 3.05) is 19.6 Å². The number of hydrogen-bond donors (Lipinski definition) is 3. The lowest BCUT2D eigenvalue weighted by Crippen LogP contribution is -2.40. The summed E-state index contributed by atoms with van der Waals surface area (Å²) in [5.74, 6) is 0.427. The van der Waals surface area contributed by atoms with Crippen LogP contribution in [0.3, 0.4) is 0 Å². The van der Waals surface area contributed by atoms with Crippen LogP contribution in [0.25, 0.3) is 0 Å². The van der Waals surface area contributed by atoms with Gasteiger partial charge in [-0.1, -0.05) is 30.3 Å². The van der Waals surface area contributed by atoms with Gasteiger partial charge in [-0.25, -0.2) is 0 Å². The molecule has 2 aliphatic heterocycles. The van der Waals surface area contributed by atoms with E-state index in [-0.39, 0.29) is 11.9 Å². The minimum absolute atomic E-state index is 0.0554. The Hall–Kier alpha value is -2.18. The fraction of sp³-hybridized carbons (Fsp3) is 0.500. The summed E-state index contributed by atoms with van der Waals surface area (Å²) in [6, 6.07) is 10.7. The summed E-state index contributed by atoms with van der Waals surface area (Å²) in [5.41, 5.74) is 4.02. The molecule has 4 rings (SSSR count). The van der Waals surface area contributed by atoms with Crippen molar-refractivity contribution in [3.8, 4) is 0 Å². The highest BCUT2D eigenvalue weighted by atomic mass is 16.2. The topological polar surface area (TPSA) is 73.0 Å². The maximum Gasteiger partial charge on any atom is 0.272 e. The molecule has 1 aromatic heterocycles. The molecule has 1 amide bonds. The molecule has 0 bridgehead atoms. The Kier molecular flexibility index (Phi) is 5.04. The van der Waals surface area contributed by atoms with Gasteiger partial charge < -0.3 is 10.6 Å². The number of carbonyl (C=O) groups is 1. The molecule has 2 atom stereocenters. The Bertz CT molecular complexity index is 757. The number of hydrogen-bond acceptors (Lipinski definition) is 4. The summed E-state index contributed by atoms with van der Waals surface area (Å²) in [4.78, 5) is 15.2. The summed E-state index contributed by atoms with van der Waals surface area (Å²) >= 11 is 0. The molecule has 0 radical (unpaired) electrons. The number of carbonyl (C=O) groups excluding carboxylic acids is 1. The number of rotatable bonds is 5. The molecule has 2 aromatic rings. The summed E-state index contributed by atoms with van der Waals surface area (Å²) in [6.07, 6.45) is 2.02. The molecule has 26 heavy (non-hydrogen) atoms. The highest BCUT2D eigenvalue weighted by Crippen LogP contribution is 2.22. The van der Waals surface area contributed by atoms with E-state index < -0.39 is 0 Å². The molecule has 0 aliphatic carbocycles. The lowest BCUT2D eigenvalue weighted by Gasteiger charge is -2.22. The number of aromatic nitrogens is 2. The molecule has 1 saturated heterocycles. The lowest BCUT2D eigenvalue weighted by atomic mass is 10.00. The smallest absolute Gasteiger partial charge is 0.272 e. The number of aromatic amines is 1. The van der Waals surface area contributed by atoms with Crippen molar-refractivity contribution in [3.05, 3.63) is 52.8 Å². The maximum atomic E-state index is 12.7. The number of fused-ring (bicyclic) bond motifs is 1. The van der Waals surface area contributed by atoms with Gasteiger partial charge >= 0.3 is 0 Å². The molecule has 0 spiro atoms. The molecule has 3 heterocycles. The molecule has 138 valence electrons. The van der Waals surface area contributed by atoms with Crippen LogP contribution in [0.5, 0.6) is 0 Å². The van der Waals surface area contributed by atoms with Crippen LogP contribution in [0.4, 0.5) is 0 Å². The van der Waals surface area contributed by atoms with Crippen LogP contribution in [0.15, 0.2) is 30.3 Å². The standard InChI is InChI=1S/C20H27N5O/c1-14(16-8-10-25(13-16)12-15-5-3-2-4-6-15)22-20(26)19-17-11-21-9-7-18(17)23-24-19/h2-6,14,16,21H,7-13H2,1H3,(H,22,26)(H,23,24). The van der Waals surface area contributed by atoms with E-state index in [0.717, 1.165) is 56.8 Å². The van der Waals surface area contributed by atoms with E-state index in [4.69, 9.17) is 0 Å². The lowest BCUT2D eigenvalue weighted by molar-refractivity contribution is 0.0920. The molecular formula is C20H27N5O. The van der Waals surface area contributed by atoms with Crippen LogP contribution >= 0.6 is 0 Å². The normalized spacial score (nSPS) is 21.3. The summed E-state index contributed by atoms with van der Waals surface area (Å²) in [7, 11) is 0. The quantitative estimate of drug-likeness (QED) is 0.765. The van der Waals surface area contributed by atoms with E-state index in [9.17, 15) is 4.79 Å². The van der Waals surface area contributed by atoms with E-state index in [0.29, 0.717) is 11.6 Å². The van der Waals surface area contributed by atoms with Crippen molar-refractivity contribution in [2.24, 2.45) is 5.92 Å². The first-order chi connectivity index (χ1) is 12.7. The summed E-state index contributed by atoms with van der Waals surface area (Å²) < 4.78 is 0. The number of amides is 1. The Morgan fingerprint density at radius 3 is 3.08 bits per heavy atom. The van der Waals surface area contributed by atoms with Crippen LogP contribution < -0.4 is 10.6 Å². The average molecular weight is 353 g/mol. The molecule has 3 N–H and O–H groups in total. The van der Waals surface area contributed by atoms with Gasteiger partial charge in [0.15, 0.2) is 5.69 Å². The van der Waals surface area contributed by atoms with Crippen molar-refractivity contribution < 1.29 is 4.79 Å². The van der Waals surface area contributed by atoms with Crippen LogP contribution in [-0.4, -0.2) is 46.7 Å². The third-order valence-electron chi connectivity index (χ3n) is 5.65. The number of nitrogens with zero attached hydrogens (tertiary/aromatic N) is 2. The second-order valence-electron chi connectivity index (χ2n) is 7.49. The van der Waals surface area contributed by atoms with E-state index in [2.05, 4.69) is 63.0 Å². The monoisotopic (exact) mass is 353 g/mol. The molecule has 2 aliphatic rings. The van der Waals surface area contributed by atoms with E-state index in [1.165, 1.54) is 5.56 Å². The molecule has 1 aromatic carbocycles. The molecular weight excluding hydrogens is 326 g/mol. The summed E-state index contributed by atoms with van der Waals surface area (Å²) in [5, 5.41) is 13.8. The first kappa shape index (κ1) is 17.2. The van der Waals surface area contributed by atoms with Gasteiger partial charge in [0, 0.05) is 49.9 Å². The second kappa shape index (κ2) is 7.60. The highest BCUT2D eigenvalue weighted by Gasteiger charge is 2.29. The predicted octanol–water partition coefficient (Wildman–Crippen LogP) is 1.70. The first-order valence-electron chi connectivity index (χ1n) is 9.54. The van der Waals surface area contributed by atoms with Gasteiger partial charge in [0.1, 0.15) is 0 Å². The van der Waals surface area contributed by atoms with Crippen LogP contribution in [0.1, 0.15) is 40.7 Å². The Balaban J connectivity index is 1.33. The molecule has 1 fully saturated rings. The predicted molar refractivity (Wildman–Crippen MR) is 101 cm³/mol. The fourth-order valence-corrected chi connectivity index (χ4v) is 4.06. The van der Waals surface area contributed by atoms with Crippen LogP contribution in [-0.2, 0) is 19.5 Å². The Labute approximate surface area is 154 Å². The van der Waals surface area contributed by atoms with Crippen molar-refractivity contribution in [1.29, 1.82) is 0 Å². The minimum Gasteiger partial charge on any atom is -0.348 e. The first-order valence-corrected chi connectivity index (χ1v) is 9.54. The van der Waals surface area contributed by atoms with Crippen LogP contribution in [0, 0.1) is 5.92 Å². The number of nitrogens with one attached hydrogen (secondary N) is 3. The minimum atomic E-state index is -0.0554. The second-order valence-corrected chi connectivity index (χ2v) is 7.49. The van der Waals surface area contributed by atoms with Crippen molar-refractivity contribution in [2.45, 2.75) is 38.9 Å². The van der Waals surface area contributed by atoms with Crippen molar-refractivity contribution in [3.63, 3.8) is 0 Å². The van der Waals surface area contributed by atoms with Crippen molar-refractivity contribution in [1.82, 2.24) is 25.7 Å². The Morgan fingerprint density at radius 1 is 1.38 bits per heavy atom. The van der Waals surface area contributed by atoms with Gasteiger partial charge in [-0.3, -0.25) is 14.8 Å². The largest absolute Gasteiger partial charge is 0.348 e. The van der Waals surface area contributed by atoms with Crippen LogP contribution in [0.2, 0.25) is 0 Å². The van der Waals surface area contributed by atoms with Crippen molar-refractivity contribution >= 4 is 5.91 Å². The van der Waals surface area contributed by atoms with E-state index >= 15 is 0 Å². The van der Waals surface area contributed by atoms with Gasteiger partial charge in [-0.2, -0.15) is 5.10 Å². The van der Waals surface area contributed by atoms with E-state index in [1.54, 1.807) is 0 Å². The third kappa shape index (κ3) is 3.66. The van der Waals surface area contributed by atoms with Gasteiger partial charge in [0.2, 0.25) is 0 Å². The van der Waals surface area contributed by atoms with Gasteiger partial charge in [-0.05, 0) is 31.4 Å². The average Bonchev–Trinajstić information content (AvgIpc) is 3.29. The maximum absolute atomic E-state index is 12.7. The Morgan fingerprint density at radius 2 is 2.23 bits per heavy atom. The molecule has 6 heteroatoms. The third-order valence-corrected chi connectivity index (χ3v) is 5.65. The molecule has 2 unspecified atom stereocenters. The van der Waals surface area contributed by atoms with Gasteiger partial charge in [0.25, 0.3) is 5.91 Å².